The summed E-state index contributed by atoms with van der Waals surface area (Å²) >= 11 is 0. The van der Waals surface area contributed by atoms with E-state index in [9.17, 15) is 117 Å². The van der Waals surface area contributed by atoms with E-state index in [2.05, 4.69) is 32.2 Å². The predicted molar refractivity (Wildman–Crippen MR) is 358 cm³/mol. The maximum atomic E-state index is 16.0. The third-order valence-electron chi connectivity index (χ3n) is 27.2. The first-order chi connectivity index (χ1) is 51.7. The lowest BCUT2D eigenvalue weighted by Gasteiger charge is -2.72. The predicted octanol–water partition coefficient (Wildman–Crippen LogP) is -8.47. The van der Waals surface area contributed by atoms with Crippen LogP contribution in [0, 0.1) is 50.2 Å². The Bertz CT molecular complexity index is 3220. The van der Waals surface area contributed by atoms with Gasteiger partial charge in [-0.1, -0.05) is 53.2 Å². The first-order valence-electron chi connectivity index (χ1n) is 37.9. The van der Waals surface area contributed by atoms with Crippen molar-refractivity contribution in [2.24, 2.45) is 50.2 Å². The molecule has 0 radical (unpaired) electrons. The number of amides is 1. The summed E-state index contributed by atoms with van der Waals surface area (Å²) < 4.78 is 83.5. The van der Waals surface area contributed by atoms with Gasteiger partial charge in [-0.3, -0.25) is 9.59 Å². The van der Waals surface area contributed by atoms with Crippen molar-refractivity contribution in [2.45, 2.75) is 315 Å². The molecular formula is C71H113NO38. The van der Waals surface area contributed by atoms with Crippen LogP contribution >= 0.6 is 0 Å². The standard InChI is InChI=1S/C71H113NO38/c1-25-52(105-59-46(88)39(81)28(77)21-97-59)45(87)50(92)61(100-25)108-55-43(85)38(72-37(80)23-99-58-48(90)42(84)32(20-75)102-58)30(18-73)101-63(55)110-65(96)71-15-14-66(2,3)16-27(71)26-8-9-34-67(4)12-11-36(68(5,24-76)33(67)10-13-69(34,6)70(26,7)17-35(71)79)104-64-56(109-62-49(91)44(86)41(83)31(19-74)103-62)53(51(93)54(107-64)57(94)95)106-60-47(89)40(82)29(78)22-98-60/h8,25,27-36,38-56,58-64,73-79,81-93H,9-24H2,1-7H3,(H,72,80)(H,94,95)/t25?,27?,28-,29-,30-,31?,32+,33-,34?,35?,36+,38+,39?,40+,41+,42?,43?,44+,45?,46?,47?,48?,49?,50?,51+,52+,53+,54?,55?,56?,58-,59+,60+,61+,62+,63+,64-,67?,68-,69+,70-,71-/m1/s1. The third-order valence-corrected chi connectivity index (χ3v) is 27.2. The quantitative estimate of drug-likeness (QED) is 0.0288. The Kier molecular flexibility index (Phi) is 25.8. The number of carbonyl (C=O) groups is 3. The lowest BCUT2D eigenvalue weighted by atomic mass is 9.33. The van der Waals surface area contributed by atoms with Crippen LogP contribution in [0.2, 0.25) is 0 Å². The zero-order valence-electron chi connectivity index (χ0n) is 62.1. The molecule has 7 saturated heterocycles. The van der Waals surface area contributed by atoms with Crippen LogP contribution in [0.5, 0.6) is 0 Å². The second kappa shape index (κ2) is 33.0. The minimum Gasteiger partial charge on any atom is -0.479 e. The molecule has 4 saturated carbocycles. The molecule has 0 aromatic rings. The van der Waals surface area contributed by atoms with Crippen LogP contribution in [-0.2, 0) is 80.7 Å². The highest BCUT2D eigenvalue weighted by atomic mass is 16.8. The number of ether oxygens (including phenoxy) is 14. The van der Waals surface area contributed by atoms with Gasteiger partial charge >= 0.3 is 11.9 Å². The van der Waals surface area contributed by atoms with Crippen LogP contribution in [0.15, 0.2) is 11.6 Å². The van der Waals surface area contributed by atoms with Crippen LogP contribution in [0.25, 0.3) is 0 Å². The first kappa shape index (κ1) is 86.2. The van der Waals surface area contributed by atoms with E-state index >= 15 is 4.79 Å². The van der Waals surface area contributed by atoms with Gasteiger partial charge in [0.05, 0.1) is 64.0 Å². The highest BCUT2D eigenvalue weighted by molar-refractivity contribution is 5.80. The summed E-state index contributed by atoms with van der Waals surface area (Å²) in [6.45, 7) is 8.47. The highest BCUT2D eigenvalue weighted by Gasteiger charge is 2.73. The smallest absolute Gasteiger partial charge is 0.335 e. The number of aliphatic carboxylic acids is 1. The zero-order valence-corrected chi connectivity index (χ0v) is 62.1. The molecule has 0 bridgehead atoms. The van der Waals surface area contributed by atoms with Crippen molar-refractivity contribution in [1.82, 2.24) is 5.32 Å². The van der Waals surface area contributed by atoms with Gasteiger partial charge in [0.25, 0.3) is 0 Å². The second-order valence-electron chi connectivity index (χ2n) is 34.1. The molecule has 0 aromatic heterocycles. The molecule has 11 fully saturated rings. The molecule has 18 unspecified atom stereocenters. The fourth-order valence-electron chi connectivity index (χ4n) is 20.5. The molecule has 12 aliphatic rings. The van der Waals surface area contributed by atoms with Crippen molar-refractivity contribution >= 4 is 17.8 Å². The molecule has 630 valence electrons. The summed E-state index contributed by atoms with van der Waals surface area (Å²) in [5, 5.41) is 234. The maximum Gasteiger partial charge on any atom is 0.335 e. The van der Waals surface area contributed by atoms with Crippen molar-refractivity contribution in [3.8, 4) is 0 Å². The van der Waals surface area contributed by atoms with Gasteiger partial charge in [0, 0.05) is 5.41 Å². The van der Waals surface area contributed by atoms with Crippen molar-refractivity contribution in [3.05, 3.63) is 11.6 Å². The number of aliphatic hydroxyl groups excluding tert-OH is 20. The van der Waals surface area contributed by atoms with Gasteiger partial charge in [0.2, 0.25) is 12.2 Å². The average molecular weight is 1590 g/mol. The Morgan fingerprint density at radius 1 is 0.509 bits per heavy atom. The van der Waals surface area contributed by atoms with E-state index in [1.54, 1.807) is 6.92 Å². The molecular weight excluding hydrogens is 1470 g/mol. The molecule has 0 spiro atoms. The van der Waals surface area contributed by atoms with Crippen molar-refractivity contribution in [2.75, 3.05) is 46.2 Å². The number of hydrogen-bond acceptors (Lipinski definition) is 37. The van der Waals surface area contributed by atoms with Crippen molar-refractivity contribution < 1.29 is 188 Å². The number of carbonyl (C=O) groups excluding carboxylic acids is 2. The molecule has 7 heterocycles. The van der Waals surface area contributed by atoms with Gasteiger partial charge in [0.15, 0.2) is 49.9 Å². The summed E-state index contributed by atoms with van der Waals surface area (Å²) in [4.78, 5) is 42.8. The number of carboxylic acid groups (broad SMARTS) is 1. The van der Waals surface area contributed by atoms with Crippen molar-refractivity contribution in [1.29, 1.82) is 0 Å². The van der Waals surface area contributed by atoms with Gasteiger partial charge in [0.1, 0.15) is 140 Å². The summed E-state index contributed by atoms with van der Waals surface area (Å²) in [6.07, 6.45) is -54.7. The normalized spacial score (nSPS) is 53.0. The van der Waals surface area contributed by atoms with Crippen LogP contribution in [-0.4, -0.2) is 380 Å². The minimum atomic E-state index is -2.23. The van der Waals surface area contributed by atoms with Crippen molar-refractivity contribution in [3.63, 3.8) is 0 Å². The number of aliphatic hydroxyl groups is 20. The molecule has 110 heavy (non-hydrogen) atoms. The van der Waals surface area contributed by atoms with Gasteiger partial charge in [-0.15, -0.1) is 0 Å². The third kappa shape index (κ3) is 15.1. The average Bonchev–Trinajstić information content (AvgIpc) is 0.707. The second-order valence-corrected chi connectivity index (χ2v) is 34.1. The molecule has 12 rings (SSSR count). The van der Waals surface area contributed by atoms with E-state index in [-0.39, 0.29) is 25.2 Å². The summed E-state index contributed by atoms with van der Waals surface area (Å²) in [6, 6.07) is -1.70. The van der Waals surface area contributed by atoms with Gasteiger partial charge in [-0.05, 0) is 104 Å². The number of allylic oxidation sites excluding steroid dienone is 2. The SMILES string of the molecule is CC1O[C@@H](OC2C(O)[C@@H](NC(=O)CO[C@@H]3O[C@@H](CO)C(O)C3O)[C@@H](CO)O[C@H]2OC(=O)[C@]23CCC(C)(C)CC2C2=CCC4C5(C)CC[C@H](O[C@@H]6OC(C(=O)O)[C@@H](O)[C@H](O[C@@H]7OC[C@@H](O)[C@H](O)C7O)C6O[C@@H]6OC(CO)[C@H](O)[C@H](O)C6O)[C@](C)(CO)[C@@H]5CC[C@]4(C)[C@]2(C)CC3O)C(O)C(O)[C@H]1O[C@@H]1OC[C@@H](O)C(O)C1O. The molecule has 39 heteroatoms. The van der Waals surface area contributed by atoms with Crippen LogP contribution < -0.4 is 5.32 Å². The van der Waals surface area contributed by atoms with Gasteiger partial charge in [-0.25, -0.2) is 4.79 Å². The minimum absolute atomic E-state index is 0.0194. The molecule has 7 aliphatic heterocycles. The Hall–Kier alpha value is -3.17. The van der Waals surface area contributed by atoms with Crippen LogP contribution in [0.4, 0.5) is 0 Å². The largest absolute Gasteiger partial charge is 0.479 e. The molecule has 39 nitrogen and oxygen atoms in total. The van der Waals surface area contributed by atoms with E-state index in [1.807, 2.05) is 13.8 Å². The summed E-state index contributed by atoms with van der Waals surface area (Å²) in [5.74, 6) is -5.21. The van der Waals surface area contributed by atoms with E-state index in [0.717, 1.165) is 5.57 Å². The zero-order chi connectivity index (χ0) is 80.3. The van der Waals surface area contributed by atoms with E-state index in [1.165, 1.54) is 6.92 Å². The van der Waals surface area contributed by atoms with Gasteiger partial charge in [-0.2, -0.15) is 0 Å². The van der Waals surface area contributed by atoms with E-state index in [4.69, 9.17) is 66.3 Å². The number of carboxylic acids is 1. The number of esters is 1. The molecule has 22 N–H and O–H groups in total. The Morgan fingerprint density at radius 2 is 1.05 bits per heavy atom. The Balaban J connectivity index is 0.821. The highest BCUT2D eigenvalue weighted by Crippen LogP contribution is 2.76. The number of nitrogens with one attached hydrogen (secondary N) is 1. The summed E-state index contributed by atoms with van der Waals surface area (Å²) in [5.41, 5.74) is -4.92. The summed E-state index contributed by atoms with van der Waals surface area (Å²) in [7, 11) is 0. The fourth-order valence-corrected chi connectivity index (χ4v) is 20.5. The Labute approximate surface area is 632 Å². The van der Waals surface area contributed by atoms with E-state index in [0.29, 0.717) is 38.5 Å². The number of rotatable bonds is 21. The van der Waals surface area contributed by atoms with Gasteiger partial charge < -0.3 is 179 Å². The lowest BCUT2D eigenvalue weighted by Crippen LogP contribution is -2.70. The van der Waals surface area contributed by atoms with E-state index < -0.39 is 317 Å². The molecule has 42 atom stereocenters. The molecule has 0 aromatic carbocycles. The lowest BCUT2D eigenvalue weighted by molar-refractivity contribution is -0.393. The topological polar surface area (TPSA) is 617 Å². The maximum absolute atomic E-state index is 16.0. The molecule has 5 aliphatic carbocycles. The molecule has 1 amide bonds. The van der Waals surface area contributed by atoms with Crippen LogP contribution in [0.1, 0.15) is 106 Å². The first-order valence-corrected chi connectivity index (χ1v) is 37.9. The number of fused-ring (bicyclic) bond motifs is 7. The number of hydrogen-bond donors (Lipinski definition) is 22. The fraction of sp³-hybridized carbons (Fsp3) is 0.930. The Morgan fingerprint density at radius 3 is 1.66 bits per heavy atom. The monoisotopic (exact) mass is 1590 g/mol. The van der Waals surface area contributed by atoms with Crippen LogP contribution in [0.3, 0.4) is 0 Å².